The van der Waals surface area contributed by atoms with Gasteiger partial charge in [-0.2, -0.15) is 5.10 Å². The average Bonchev–Trinajstić information content (AvgIpc) is 2.92. The summed E-state index contributed by atoms with van der Waals surface area (Å²) >= 11 is 1.81. The Morgan fingerprint density at radius 3 is 2.85 bits per heavy atom. The third kappa shape index (κ3) is 1.84. The van der Waals surface area contributed by atoms with E-state index in [4.69, 9.17) is 0 Å². The highest BCUT2D eigenvalue weighted by Crippen LogP contribution is 2.38. The van der Waals surface area contributed by atoms with E-state index in [-0.39, 0.29) is 0 Å². The van der Waals surface area contributed by atoms with Crippen molar-refractivity contribution in [2.45, 2.75) is 17.7 Å². The van der Waals surface area contributed by atoms with Crippen molar-refractivity contribution >= 4 is 11.8 Å². The summed E-state index contributed by atoms with van der Waals surface area (Å²) in [7, 11) is 0. The Hall–Kier alpha value is -2.07. The smallest absolute Gasteiger partial charge is 0.235 e. The molecular formula is C16H14N3S+. The number of hydrogen-bond donors (Lipinski definition) is 1. The van der Waals surface area contributed by atoms with Crippen LogP contribution in [0.5, 0.6) is 0 Å². The minimum Gasteiger partial charge on any atom is -0.246 e. The molecule has 0 bridgehead atoms. The molecule has 0 spiro atoms. The fourth-order valence-corrected chi connectivity index (χ4v) is 3.54. The number of aromatic nitrogens is 3. The van der Waals surface area contributed by atoms with Crippen molar-refractivity contribution in [1.29, 1.82) is 0 Å². The maximum atomic E-state index is 4.63. The maximum absolute atomic E-state index is 4.63. The lowest BCUT2D eigenvalue weighted by Gasteiger charge is -2.12. The highest BCUT2D eigenvalue weighted by Gasteiger charge is 2.25. The number of thioether (sulfide) groups is 1. The Morgan fingerprint density at radius 1 is 1.15 bits per heavy atom. The van der Waals surface area contributed by atoms with E-state index in [0.29, 0.717) is 0 Å². The van der Waals surface area contributed by atoms with E-state index in [0.717, 1.165) is 22.2 Å². The summed E-state index contributed by atoms with van der Waals surface area (Å²) in [6, 6.07) is 14.6. The van der Waals surface area contributed by atoms with Crippen molar-refractivity contribution < 1.29 is 4.68 Å². The molecule has 1 N–H and O–H groups in total. The molecule has 0 fully saturated rings. The van der Waals surface area contributed by atoms with E-state index in [2.05, 4.69) is 57.4 Å². The molecule has 20 heavy (non-hydrogen) atoms. The summed E-state index contributed by atoms with van der Waals surface area (Å²) in [6.45, 7) is 2.04. The molecule has 0 aliphatic carbocycles. The number of para-hydroxylation sites is 1. The van der Waals surface area contributed by atoms with Crippen molar-refractivity contribution in [3.05, 3.63) is 59.9 Å². The zero-order chi connectivity index (χ0) is 13.5. The van der Waals surface area contributed by atoms with E-state index in [1.807, 2.05) is 24.8 Å². The first-order valence-corrected chi connectivity index (χ1v) is 7.59. The number of pyridine rings is 1. The Labute approximate surface area is 121 Å². The predicted molar refractivity (Wildman–Crippen MR) is 79.9 cm³/mol. The van der Waals surface area contributed by atoms with E-state index < -0.39 is 0 Å². The Morgan fingerprint density at radius 2 is 2.00 bits per heavy atom. The SMILES string of the molecule is Cc1ccc2c(n1)SCc1c[n+](-c3ccccc3)[nH]c1-2. The molecule has 98 valence electrons. The molecule has 1 aliphatic rings. The third-order valence-corrected chi connectivity index (χ3v) is 4.55. The predicted octanol–water partition coefficient (Wildman–Crippen LogP) is 3.27. The Bertz CT molecular complexity index is 778. The van der Waals surface area contributed by atoms with Crippen molar-refractivity contribution in [2.75, 3.05) is 0 Å². The quantitative estimate of drug-likeness (QED) is 0.694. The first-order chi connectivity index (χ1) is 9.81. The summed E-state index contributed by atoms with van der Waals surface area (Å²) < 4.78 is 2.08. The van der Waals surface area contributed by atoms with Gasteiger partial charge in [0.25, 0.3) is 0 Å². The molecule has 0 saturated carbocycles. The van der Waals surface area contributed by atoms with Gasteiger partial charge in [-0.05, 0) is 19.1 Å². The van der Waals surface area contributed by atoms with Gasteiger partial charge in [0, 0.05) is 29.1 Å². The molecule has 1 aromatic carbocycles. The molecule has 3 nitrogen and oxygen atoms in total. The summed E-state index contributed by atoms with van der Waals surface area (Å²) in [5, 5.41) is 4.61. The first kappa shape index (κ1) is 11.7. The molecule has 2 aromatic heterocycles. The Kier molecular flexibility index (Phi) is 2.63. The normalized spacial score (nSPS) is 12.8. The largest absolute Gasteiger partial charge is 0.246 e. The van der Waals surface area contributed by atoms with Crippen LogP contribution in [0, 0.1) is 6.92 Å². The van der Waals surface area contributed by atoms with E-state index in [9.17, 15) is 0 Å². The van der Waals surface area contributed by atoms with Crippen LogP contribution >= 0.6 is 11.8 Å². The van der Waals surface area contributed by atoms with Gasteiger partial charge >= 0.3 is 0 Å². The van der Waals surface area contributed by atoms with E-state index in [1.165, 1.54) is 16.8 Å². The average molecular weight is 280 g/mol. The third-order valence-electron chi connectivity index (χ3n) is 3.51. The number of aryl methyl sites for hydroxylation is 1. The van der Waals surface area contributed by atoms with Crippen LogP contribution in [0.4, 0.5) is 0 Å². The van der Waals surface area contributed by atoms with Crippen LogP contribution in [0.25, 0.3) is 16.9 Å². The number of benzene rings is 1. The lowest BCUT2D eigenvalue weighted by molar-refractivity contribution is -0.654. The standard InChI is InChI=1S/C16H13N3S/c1-11-7-8-14-15-12(10-20-16(14)17-11)9-19(18-15)13-5-3-2-4-6-13/h2-9H,10H2,1H3/p+1. The molecule has 0 radical (unpaired) electrons. The molecule has 0 amide bonds. The van der Waals surface area contributed by atoms with Crippen LogP contribution < -0.4 is 4.68 Å². The number of hydrogen-bond acceptors (Lipinski definition) is 2. The molecule has 0 unspecified atom stereocenters. The van der Waals surface area contributed by atoms with Crippen LogP contribution in [-0.2, 0) is 5.75 Å². The number of nitrogens with zero attached hydrogens (tertiary/aromatic N) is 2. The van der Waals surface area contributed by atoms with Gasteiger partial charge in [0.1, 0.15) is 10.7 Å². The van der Waals surface area contributed by atoms with E-state index in [1.54, 1.807) is 0 Å². The lowest BCUT2D eigenvalue weighted by Crippen LogP contribution is -2.31. The number of nitrogens with one attached hydrogen (secondary N) is 1. The topological polar surface area (TPSA) is 32.6 Å². The summed E-state index contributed by atoms with van der Waals surface area (Å²) in [5.74, 6) is 0.967. The molecule has 3 heterocycles. The minimum absolute atomic E-state index is 0.967. The van der Waals surface area contributed by atoms with Gasteiger partial charge in [0.15, 0.2) is 0 Å². The van der Waals surface area contributed by atoms with Crippen molar-refractivity contribution in [1.82, 2.24) is 10.1 Å². The minimum atomic E-state index is 0.967. The fraction of sp³-hybridized carbons (Fsp3) is 0.125. The highest BCUT2D eigenvalue weighted by molar-refractivity contribution is 7.98. The first-order valence-electron chi connectivity index (χ1n) is 6.61. The fourth-order valence-electron chi connectivity index (χ4n) is 2.49. The summed E-state index contributed by atoms with van der Waals surface area (Å²) in [6.07, 6.45) is 2.18. The van der Waals surface area contributed by atoms with Gasteiger partial charge in [-0.1, -0.05) is 22.9 Å². The molecule has 1 aliphatic heterocycles. The lowest BCUT2D eigenvalue weighted by atomic mass is 10.1. The molecular weight excluding hydrogens is 266 g/mol. The monoisotopic (exact) mass is 280 g/mol. The van der Waals surface area contributed by atoms with Crippen LogP contribution in [0.2, 0.25) is 0 Å². The van der Waals surface area contributed by atoms with Crippen LogP contribution in [0.15, 0.2) is 53.7 Å². The van der Waals surface area contributed by atoms with Crippen molar-refractivity contribution in [3.63, 3.8) is 0 Å². The molecule has 3 aromatic rings. The van der Waals surface area contributed by atoms with Gasteiger partial charge in [-0.15, -0.1) is 11.8 Å². The van der Waals surface area contributed by atoms with Crippen molar-refractivity contribution in [3.8, 4) is 16.9 Å². The van der Waals surface area contributed by atoms with Crippen LogP contribution in [0.1, 0.15) is 11.3 Å². The number of rotatable bonds is 1. The maximum Gasteiger partial charge on any atom is 0.235 e. The van der Waals surface area contributed by atoms with Gasteiger partial charge in [0.05, 0.1) is 5.56 Å². The zero-order valence-electron chi connectivity index (χ0n) is 11.1. The Balaban J connectivity index is 1.86. The summed E-state index contributed by atoms with van der Waals surface area (Å²) in [4.78, 5) is 4.63. The molecule has 0 saturated heterocycles. The second kappa shape index (κ2) is 4.49. The second-order valence-corrected chi connectivity index (χ2v) is 5.90. The van der Waals surface area contributed by atoms with Gasteiger partial charge in [0.2, 0.25) is 11.9 Å². The van der Waals surface area contributed by atoms with Gasteiger partial charge < -0.3 is 0 Å². The van der Waals surface area contributed by atoms with Crippen molar-refractivity contribution in [2.24, 2.45) is 0 Å². The van der Waals surface area contributed by atoms with Gasteiger partial charge in [-0.25, -0.2) is 4.98 Å². The number of aromatic amines is 1. The molecule has 0 atom stereocenters. The zero-order valence-corrected chi connectivity index (χ0v) is 11.9. The van der Waals surface area contributed by atoms with Gasteiger partial charge in [-0.3, -0.25) is 0 Å². The number of fused-ring (bicyclic) bond motifs is 3. The number of H-pyrrole nitrogens is 1. The highest BCUT2D eigenvalue weighted by atomic mass is 32.2. The molecule has 4 heteroatoms. The second-order valence-electron chi connectivity index (χ2n) is 4.94. The summed E-state index contributed by atoms with van der Waals surface area (Å²) in [5.41, 5.74) is 5.94. The van der Waals surface area contributed by atoms with Crippen LogP contribution in [-0.4, -0.2) is 10.1 Å². The molecule has 4 rings (SSSR count). The van der Waals surface area contributed by atoms with E-state index >= 15 is 0 Å². The van der Waals surface area contributed by atoms with Crippen LogP contribution in [0.3, 0.4) is 0 Å².